The summed E-state index contributed by atoms with van der Waals surface area (Å²) in [6.45, 7) is 5.43. The van der Waals surface area contributed by atoms with E-state index < -0.39 is 12.1 Å². The molecule has 3 rings (SSSR count). The van der Waals surface area contributed by atoms with E-state index in [0.717, 1.165) is 10.9 Å². The van der Waals surface area contributed by atoms with Crippen molar-refractivity contribution in [3.8, 4) is 0 Å². The van der Waals surface area contributed by atoms with Crippen molar-refractivity contribution in [1.82, 2.24) is 4.90 Å². The van der Waals surface area contributed by atoms with E-state index in [1.807, 2.05) is 18.2 Å². The maximum atomic E-state index is 12.3. The minimum atomic E-state index is -0.854. The number of hydrogen-bond donors (Lipinski definition) is 0. The van der Waals surface area contributed by atoms with Gasteiger partial charge in [-0.25, -0.2) is 4.79 Å². The summed E-state index contributed by atoms with van der Waals surface area (Å²) in [5.41, 5.74) is 1.35. The van der Waals surface area contributed by atoms with Crippen molar-refractivity contribution in [1.29, 1.82) is 0 Å². The van der Waals surface area contributed by atoms with Gasteiger partial charge < -0.3 is 18.8 Å². The quantitative estimate of drug-likeness (QED) is 0.811. The molecule has 1 fully saturated rings. The fourth-order valence-electron chi connectivity index (χ4n) is 2.67. The summed E-state index contributed by atoms with van der Waals surface area (Å²) in [5.74, 6) is -0.684. The molecule has 6 heteroatoms. The van der Waals surface area contributed by atoms with Crippen LogP contribution < -0.4 is 0 Å². The summed E-state index contributed by atoms with van der Waals surface area (Å²) in [4.78, 5) is 26.3. The average Bonchev–Trinajstić information content (AvgIpc) is 2.92. The maximum Gasteiger partial charge on any atom is 0.375 e. The Morgan fingerprint density at radius 2 is 1.91 bits per heavy atom. The number of carbonyl (C=O) groups excluding carboxylic acids is 2. The molecule has 1 amide bonds. The van der Waals surface area contributed by atoms with Crippen LogP contribution >= 0.6 is 0 Å². The van der Waals surface area contributed by atoms with E-state index in [1.165, 1.54) is 0 Å². The lowest BCUT2D eigenvalue weighted by Crippen LogP contribution is -2.46. The molecule has 0 spiro atoms. The standard InChI is InChI=1S/C17H19NO5/c1-11-13-5-3-4-6-14(13)23-15(11)17(20)22-12(2)16(19)18-7-9-21-10-8-18/h3-6,12H,7-10H2,1-2H3/t12-/m0/s1. The number of morpholine rings is 1. The Balaban J connectivity index is 1.72. The third kappa shape index (κ3) is 3.07. The van der Waals surface area contributed by atoms with Gasteiger partial charge in [-0.3, -0.25) is 4.79 Å². The number of esters is 1. The molecular weight excluding hydrogens is 298 g/mol. The van der Waals surface area contributed by atoms with E-state index >= 15 is 0 Å². The second-order valence-electron chi connectivity index (χ2n) is 5.54. The molecule has 0 saturated carbocycles. The predicted molar refractivity (Wildman–Crippen MR) is 83.2 cm³/mol. The van der Waals surface area contributed by atoms with Gasteiger partial charge in [0.25, 0.3) is 5.91 Å². The summed E-state index contributed by atoms with van der Waals surface area (Å²) >= 11 is 0. The SMILES string of the molecule is Cc1c(C(=O)O[C@@H](C)C(=O)N2CCOCC2)oc2ccccc12. The highest BCUT2D eigenvalue weighted by Crippen LogP contribution is 2.25. The summed E-state index contributed by atoms with van der Waals surface area (Å²) in [5, 5.41) is 0.867. The van der Waals surface area contributed by atoms with Gasteiger partial charge in [-0.15, -0.1) is 0 Å². The van der Waals surface area contributed by atoms with Crippen LogP contribution in [0.2, 0.25) is 0 Å². The Hall–Kier alpha value is -2.34. The zero-order valence-electron chi connectivity index (χ0n) is 13.2. The molecule has 0 radical (unpaired) electrons. The molecule has 0 unspecified atom stereocenters. The van der Waals surface area contributed by atoms with Crippen molar-refractivity contribution in [3.63, 3.8) is 0 Å². The fourth-order valence-corrected chi connectivity index (χ4v) is 2.67. The van der Waals surface area contributed by atoms with Crippen LogP contribution in [0.3, 0.4) is 0 Å². The normalized spacial score (nSPS) is 16.3. The fraction of sp³-hybridized carbons (Fsp3) is 0.412. The molecular formula is C17H19NO5. The first-order chi connectivity index (χ1) is 11.1. The minimum Gasteiger partial charge on any atom is -0.449 e. The number of fused-ring (bicyclic) bond motifs is 1. The maximum absolute atomic E-state index is 12.3. The third-order valence-corrected chi connectivity index (χ3v) is 3.98. The molecule has 1 aliphatic rings. The monoisotopic (exact) mass is 317 g/mol. The molecule has 0 aliphatic carbocycles. The van der Waals surface area contributed by atoms with Crippen molar-refractivity contribution in [2.75, 3.05) is 26.3 Å². The molecule has 0 N–H and O–H groups in total. The van der Waals surface area contributed by atoms with E-state index in [1.54, 1.807) is 24.8 Å². The summed E-state index contributed by atoms with van der Waals surface area (Å²) < 4.78 is 16.1. The molecule has 23 heavy (non-hydrogen) atoms. The first-order valence-electron chi connectivity index (χ1n) is 7.63. The Kier molecular flexibility index (Phi) is 4.34. The number of para-hydroxylation sites is 1. The van der Waals surface area contributed by atoms with Gasteiger partial charge in [-0.2, -0.15) is 0 Å². The van der Waals surface area contributed by atoms with E-state index in [9.17, 15) is 9.59 Å². The largest absolute Gasteiger partial charge is 0.449 e. The highest BCUT2D eigenvalue weighted by atomic mass is 16.6. The van der Waals surface area contributed by atoms with Gasteiger partial charge in [0, 0.05) is 24.0 Å². The van der Waals surface area contributed by atoms with Crippen molar-refractivity contribution < 1.29 is 23.5 Å². The second kappa shape index (κ2) is 6.42. The highest BCUT2D eigenvalue weighted by molar-refractivity contribution is 5.97. The number of rotatable bonds is 3. The molecule has 122 valence electrons. The van der Waals surface area contributed by atoms with E-state index in [-0.39, 0.29) is 11.7 Å². The number of furan rings is 1. The lowest BCUT2D eigenvalue weighted by atomic mass is 10.1. The van der Waals surface area contributed by atoms with E-state index in [4.69, 9.17) is 13.9 Å². The Morgan fingerprint density at radius 1 is 1.22 bits per heavy atom. The number of aryl methyl sites for hydroxylation is 1. The van der Waals surface area contributed by atoms with Gasteiger partial charge in [0.05, 0.1) is 13.2 Å². The summed E-state index contributed by atoms with van der Waals surface area (Å²) in [6, 6.07) is 7.39. The van der Waals surface area contributed by atoms with Crippen LogP contribution in [0.1, 0.15) is 23.0 Å². The van der Waals surface area contributed by atoms with Crippen molar-refractivity contribution >= 4 is 22.8 Å². The topological polar surface area (TPSA) is 69.0 Å². The Morgan fingerprint density at radius 3 is 2.61 bits per heavy atom. The van der Waals surface area contributed by atoms with Crippen LogP contribution in [0.5, 0.6) is 0 Å². The number of carbonyl (C=O) groups is 2. The first-order valence-corrected chi connectivity index (χ1v) is 7.63. The average molecular weight is 317 g/mol. The van der Waals surface area contributed by atoms with Gasteiger partial charge in [-0.1, -0.05) is 18.2 Å². The molecule has 0 bridgehead atoms. The zero-order valence-corrected chi connectivity index (χ0v) is 13.2. The van der Waals surface area contributed by atoms with Crippen LogP contribution in [0.25, 0.3) is 11.0 Å². The van der Waals surface area contributed by atoms with Crippen molar-refractivity contribution in [3.05, 3.63) is 35.6 Å². The van der Waals surface area contributed by atoms with Crippen molar-refractivity contribution in [2.24, 2.45) is 0 Å². The molecule has 1 aromatic carbocycles. The van der Waals surface area contributed by atoms with E-state index in [2.05, 4.69) is 0 Å². The predicted octanol–water partition coefficient (Wildman–Crippen LogP) is 2.15. The van der Waals surface area contributed by atoms with Crippen LogP contribution in [-0.2, 0) is 14.3 Å². The van der Waals surface area contributed by atoms with Gasteiger partial charge >= 0.3 is 5.97 Å². The first kappa shape index (κ1) is 15.6. The minimum absolute atomic E-state index is 0.146. The van der Waals surface area contributed by atoms with E-state index in [0.29, 0.717) is 31.9 Å². The molecule has 1 aliphatic heterocycles. The highest BCUT2D eigenvalue weighted by Gasteiger charge is 2.28. The summed E-state index contributed by atoms with van der Waals surface area (Å²) in [6.07, 6.45) is -0.854. The lowest BCUT2D eigenvalue weighted by molar-refractivity contribution is -0.143. The van der Waals surface area contributed by atoms with Gasteiger partial charge in [0.1, 0.15) is 5.58 Å². The van der Waals surface area contributed by atoms with Gasteiger partial charge in [-0.05, 0) is 19.9 Å². The molecule has 2 heterocycles. The molecule has 1 aromatic heterocycles. The molecule has 1 saturated heterocycles. The van der Waals surface area contributed by atoms with Crippen LogP contribution in [0, 0.1) is 6.92 Å². The van der Waals surface area contributed by atoms with Crippen LogP contribution in [-0.4, -0.2) is 49.2 Å². The Labute approximate surface area is 133 Å². The zero-order chi connectivity index (χ0) is 16.4. The molecule has 1 atom stereocenters. The van der Waals surface area contributed by atoms with Gasteiger partial charge in [0.15, 0.2) is 6.10 Å². The third-order valence-electron chi connectivity index (χ3n) is 3.98. The lowest BCUT2D eigenvalue weighted by Gasteiger charge is -2.28. The number of amides is 1. The Bertz CT molecular complexity index is 730. The number of ether oxygens (including phenoxy) is 2. The van der Waals surface area contributed by atoms with Gasteiger partial charge in [0.2, 0.25) is 5.76 Å². The molecule has 2 aromatic rings. The van der Waals surface area contributed by atoms with Crippen LogP contribution in [0.15, 0.2) is 28.7 Å². The molecule has 6 nitrogen and oxygen atoms in total. The second-order valence-corrected chi connectivity index (χ2v) is 5.54. The number of benzene rings is 1. The van der Waals surface area contributed by atoms with Crippen LogP contribution in [0.4, 0.5) is 0 Å². The smallest absolute Gasteiger partial charge is 0.375 e. The van der Waals surface area contributed by atoms with Crippen molar-refractivity contribution in [2.45, 2.75) is 20.0 Å². The number of hydrogen-bond acceptors (Lipinski definition) is 5. The summed E-state index contributed by atoms with van der Waals surface area (Å²) in [7, 11) is 0. The number of nitrogens with zero attached hydrogens (tertiary/aromatic N) is 1.